The topological polar surface area (TPSA) is 26.0 Å². The summed E-state index contributed by atoms with van der Waals surface area (Å²) >= 11 is 4.61. The first-order valence-corrected chi connectivity index (χ1v) is 6.67. The maximum absolute atomic E-state index is 12.9. The van der Waals surface area contributed by atoms with Crippen LogP contribution in [0.3, 0.4) is 0 Å². The first-order chi connectivity index (χ1) is 8.39. The van der Waals surface area contributed by atoms with Crippen molar-refractivity contribution in [1.82, 2.24) is 0 Å². The first kappa shape index (κ1) is 13.6. The van der Waals surface area contributed by atoms with Gasteiger partial charge in [-0.2, -0.15) is 13.2 Å². The molecule has 2 N–H and O–H groups in total. The van der Waals surface area contributed by atoms with E-state index in [2.05, 4.69) is 15.9 Å². The highest BCUT2D eigenvalue weighted by Gasteiger charge is 2.34. The van der Waals surface area contributed by atoms with Gasteiger partial charge in [0.05, 0.1) is 15.4 Å². The van der Waals surface area contributed by atoms with Crippen molar-refractivity contribution in [3.63, 3.8) is 0 Å². The molecule has 0 fully saturated rings. The third-order valence-electron chi connectivity index (χ3n) is 2.50. The van der Waals surface area contributed by atoms with Gasteiger partial charge < -0.3 is 5.73 Å². The predicted molar refractivity (Wildman–Crippen MR) is 69.5 cm³/mol. The van der Waals surface area contributed by atoms with E-state index < -0.39 is 17.8 Å². The summed E-state index contributed by atoms with van der Waals surface area (Å²) in [6.45, 7) is 0. The molecule has 1 aromatic carbocycles. The van der Waals surface area contributed by atoms with Crippen LogP contribution in [-0.2, 0) is 6.18 Å². The summed E-state index contributed by atoms with van der Waals surface area (Å²) in [5.41, 5.74) is 5.33. The van der Waals surface area contributed by atoms with E-state index in [9.17, 15) is 13.2 Å². The molecule has 1 nitrogen and oxygen atoms in total. The SMILES string of the molecule is NC(c1ccc(Br)s1)c1ccccc1C(F)(F)F. The maximum atomic E-state index is 12.9. The Morgan fingerprint density at radius 3 is 2.33 bits per heavy atom. The number of thiophene rings is 1. The summed E-state index contributed by atoms with van der Waals surface area (Å²) in [6, 6.07) is 8.14. The molecule has 2 aromatic rings. The third kappa shape index (κ3) is 2.76. The number of rotatable bonds is 2. The van der Waals surface area contributed by atoms with Crippen LogP contribution in [0.4, 0.5) is 13.2 Å². The molecule has 6 heteroatoms. The maximum Gasteiger partial charge on any atom is 0.416 e. The zero-order valence-corrected chi connectivity index (χ0v) is 11.4. The van der Waals surface area contributed by atoms with E-state index >= 15 is 0 Å². The van der Waals surface area contributed by atoms with Crippen LogP contribution in [0, 0.1) is 0 Å². The fourth-order valence-corrected chi connectivity index (χ4v) is 3.12. The Morgan fingerprint density at radius 2 is 1.78 bits per heavy atom. The Kier molecular flexibility index (Phi) is 3.79. The molecule has 2 rings (SSSR count). The van der Waals surface area contributed by atoms with Crippen LogP contribution in [0.25, 0.3) is 0 Å². The summed E-state index contributed by atoms with van der Waals surface area (Å²) in [6.07, 6.45) is -4.39. The van der Waals surface area contributed by atoms with Crippen LogP contribution in [0.1, 0.15) is 22.0 Å². The van der Waals surface area contributed by atoms with Crippen molar-refractivity contribution in [2.75, 3.05) is 0 Å². The van der Waals surface area contributed by atoms with Gasteiger partial charge in [0.2, 0.25) is 0 Å². The predicted octanol–water partition coefficient (Wildman–Crippen LogP) is 4.58. The van der Waals surface area contributed by atoms with Crippen molar-refractivity contribution >= 4 is 27.3 Å². The number of benzene rings is 1. The van der Waals surface area contributed by atoms with Gasteiger partial charge in [-0.25, -0.2) is 0 Å². The number of hydrogen-bond acceptors (Lipinski definition) is 2. The number of nitrogens with two attached hydrogens (primary N) is 1. The lowest BCUT2D eigenvalue weighted by molar-refractivity contribution is -0.138. The van der Waals surface area contributed by atoms with Crippen LogP contribution in [0.2, 0.25) is 0 Å². The minimum atomic E-state index is -4.39. The van der Waals surface area contributed by atoms with Crippen molar-refractivity contribution in [1.29, 1.82) is 0 Å². The Morgan fingerprint density at radius 1 is 1.11 bits per heavy atom. The van der Waals surface area contributed by atoms with Gasteiger partial charge >= 0.3 is 6.18 Å². The Hall–Kier alpha value is -0.850. The molecule has 0 spiro atoms. The highest BCUT2D eigenvalue weighted by molar-refractivity contribution is 9.11. The molecule has 1 aromatic heterocycles. The average molecular weight is 336 g/mol. The van der Waals surface area contributed by atoms with Crippen molar-refractivity contribution in [3.05, 3.63) is 56.2 Å². The Bertz CT molecular complexity index is 550. The Balaban J connectivity index is 2.45. The molecular weight excluding hydrogens is 327 g/mol. The lowest BCUT2D eigenvalue weighted by Gasteiger charge is -2.17. The van der Waals surface area contributed by atoms with Crippen LogP contribution >= 0.6 is 27.3 Å². The third-order valence-corrected chi connectivity index (χ3v) is 4.21. The molecule has 96 valence electrons. The second-order valence-corrected chi connectivity index (χ2v) is 6.20. The van der Waals surface area contributed by atoms with E-state index in [0.717, 1.165) is 9.85 Å². The van der Waals surface area contributed by atoms with Gasteiger partial charge in [-0.05, 0) is 39.7 Å². The van der Waals surface area contributed by atoms with Crippen LogP contribution < -0.4 is 5.73 Å². The number of hydrogen-bond donors (Lipinski definition) is 1. The van der Waals surface area contributed by atoms with Crippen molar-refractivity contribution in [2.45, 2.75) is 12.2 Å². The summed E-state index contributed by atoms with van der Waals surface area (Å²) in [7, 11) is 0. The van der Waals surface area contributed by atoms with Gasteiger partial charge in [0.25, 0.3) is 0 Å². The zero-order chi connectivity index (χ0) is 13.3. The molecule has 1 unspecified atom stereocenters. The lowest BCUT2D eigenvalue weighted by atomic mass is 9.99. The van der Waals surface area contributed by atoms with Crippen molar-refractivity contribution in [3.8, 4) is 0 Å². The van der Waals surface area contributed by atoms with Gasteiger partial charge in [-0.1, -0.05) is 18.2 Å². The van der Waals surface area contributed by atoms with E-state index in [1.807, 2.05) is 0 Å². The van der Waals surface area contributed by atoms with Crippen molar-refractivity contribution in [2.24, 2.45) is 5.73 Å². The fourth-order valence-electron chi connectivity index (χ4n) is 1.68. The fraction of sp³-hybridized carbons (Fsp3) is 0.167. The monoisotopic (exact) mass is 335 g/mol. The minimum Gasteiger partial charge on any atom is -0.320 e. The summed E-state index contributed by atoms with van der Waals surface area (Å²) < 4.78 is 39.4. The van der Waals surface area contributed by atoms with Crippen LogP contribution in [-0.4, -0.2) is 0 Å². The summed E-state index contributed by atoms with van der Waals surface area (Å²) in [5, 5.41) is 0. The number of alkyl halides is 3. The Labute approximate surface area is 115 Å². The minimum absolute atomic E-state index is 0.0966. The van der Waals surface area contributed by atoms with Gasteiger partial charge in [0.15, 0.2) is 0 Å². The van der Waals surface area contributed by atoms with E-state index in [-0.39, 0.29) is 5.56 Å². The smallest absolute Gasteiger partial charge is 0.320 e. The molecule has 18 heavy (non-hydrogen) atoms. The van der Waals surface area contributed by atoms with E-state index in [1.165, 1.54) is 23.5 Å². The summed E-state index contributed by atoms with van der Waals surface area (Å²) in [4.78, 5) is 0.693. The highest BCUT2D eigenvalue weighted by atomic mass is 79.9. The molecule has 0 bridgehead atoms. The standard InChI is InChI=1S/C12H9BrF3NS/c13-10-6-5-9(18-10)11(17)7-3-1-2-4-8(7)12(14,15)16/h1-6,11H,17H2. The second-order valence-electron chi connectivity index (χ2n) is 3.70. The molecule has 0 saturated heterocycles. The van der Waals surface area contributed by atoms with Gasteiger partial charge in [0, 0.05) is 4.88 Å². The van der Waals surface area contributed by atoms with Crippen LogP contribution in [0.5, 0.6) is 0 Å². The molecule has 0 amide bonds. The molecule has 0 aliphatic carbocycles. The molecule has 0 saturated carbocycles. The average Bonchev–Trinajstić information content (AvgIpc) is 2.74. The van der Waals surface area contributed by atoms with Gasteiger partial charge in [0.1, 0.15) is 0 Å². The quantitative estimate of drug-likeness (QED) is 0.854. The van der Waals surface area contributed by atoms with E-state index in [4.69, 9.17) is 5.73 Å². The molecule has 0 aliphatic rings. The molecule has 0 radical (unpaired) electrons. The summed E-state index contributed by atoms with van der Waals surface area (Å²) in [5.74, 6) is 0. The lowest BCUT2D eigenvalue weighted by Crippen LogP contribution is -2.17. The van der Waals surface area contributed by atoms with E-state index in [1.54, 1.807) is 18.2 Å². The highest BCUT2D eigenvalue weighted by Crippen LogP contribution is 2.37. The van der Waals surface area contributed by atoms with Crippen molar-refractivity contribution < 1.29 is 13.2 Å². The van der Waals surface area contributed by atoms with E-state index in [0.29, 0.717) is 4.88 Å². The second kappa shape index (κ2) is 5.03. The number of halogens is 4. The first-order valence-electron chi connectivity index (χ1n) is 5.06. The molecular formula is C12H9BrF3NS. The molecule has 0 aliphatic heterocycles. The molecule has 1 atom stereocenters. The molecule has 1 heterocycles. The van der Waals surface area contributed by atoms with Gasteiger partial charge in [-0.3, -0.25) is 0 Å². The van der Waals surface area contributed by atoms with Gasteiger partial charge in [-0.15, -0.1) is 11.3 Å². The zero-order valence-electron chi connectivity index (χ0n) is 9.04. The van der Waals surface area contributed by atoms with Crippen LogP contribution in [0.15, 0.2) is 40.2 Å². The largest absolute Gasteiger partial charge is 0.416 e. The normalized spacial score (nSPS) is 13.6.